The number of nitrogens with one attached hydrogen (secondary N) is 1. The average Bonchev–Trinajstić information content (AvgIpc) is 2.43. The molecule has 0 heterocycles. The summed E-state index contributed by atoms with van der Waals surface area (Å²) in [5, 5.41) is 11.9. The molecule has 0 spiro atoms. The van der Waals surface area contributed by atoms with Crippen LogP contribution in [0.5, 0.6) is 0 Å². The number of hydrogen-bond acceptors (Lipinski definition) is 2. The summed E-state index contributed by atoms with van der Waals surface area (Å²) in [5.41, 5.74) is 1.34. The lowest BCUT2D eigenvalue weighted by molar-refractivity contribution is 0.0692. The maximum Gasteiger partial charge on any atom is 0.338 e. The van der Waals surface area contributed by atoms with Gasteiger partial charge in [-0.3, -0.25) is 0 Å². The highest BCUT2D eigenvalue weighted by Crippen LogP contribution is 2.22. The van der Waals surface area contributed by atoms with Crippen LogP contribution in [0.1, 0.15) is 34.5 Å². The smallest absolute Gasteiger partial charge is 0.338 e. The van der Waals surface area contributed by atoms with Crippen molar-refractivity contribution in [2.45, 2.75) is 19.9 Å². The lowest BCUT2D eigenvalue weighted by Gasteiger charge is -2.16. The van der Waals surface area contributed by atoms with Crippen molar-refractivity contribution in [2.24, 2.45) is 0 Å². The highest BCUT2D eigenvalue weighted by molar-refractivity contribution is 5.89. The van der Waals surface area contributed by atoms with Crippen LogP contribution in [0.15, 0.2) is 36.4 Å². The second-order valence-corrected chi connectivity index (χ2v) is 4.87. The van der Waals surface area contributed by atoms with Crippen molar-refractivity contribution >= 4 is 11.7 Å². The maximum absolute atomic E-state index is 13.5. The molecular formula is C16H15F2NO2. The number of hydrogen-bond donors (Lipinski definition) is 2. The van der Waals surface area contributed by atoms with Crippen molar-refractivity contribution in [3.05, 3.63) is 64.7 Å². The zero-order valence-corrected chi connectivity index (χ0v) is 11.7. The number of aryl methyl sites for hydroxylation is 1. The Morgan fingerprint density at radius 1 is 1.14 bits per heavy atom. The fraction of sp³-hybridized carbons (Fsp3) is 0.188. The highest BCUT2D eigenvalue weighted by Gasteiger charge is 2.13. The first-order valence-corrected chi connectivity index (χ1v) is 6.44. The Morgan fingerprint density at radius 2 is 1.86 bits per heavy atom. The molecule has 5 heteroatoms. The van der Waals surface area contributed by atoms with Crippen molar-refractivity contribution in [1.82, 2.24) is 0 Å². The standard InChI is InChI=1S/C16H15F2NO2/c1-9-3-4-11(7-15(9)18)10(2)19-12-5-6-14(17)13(8-12)16(20)21/h3-8,10,19H,1-2H3,(H,20,21). The van der Waals surface area contributed by atoms with E-state index in [2.05, 4.69) is 5.32 Å². The van der Waals surface area contributed by atoms with Crippen LogP contribution in [0.25, 0.3) is 0 Å². The first kappa shape index (κ1) is 15.0. The molecule has 1 unspecified atom stereocenters. The molecular weight excluding hydrogens is 276 g/mol. The molecule has 1 atom stereocenters. The molecule has 0 aliphatic heterocycles. The van der Waals surface area contributed by atoms with Crippen LogP contribution in [0, 0.1) is 18.6 Å². The molecule has 21 heavy (non-hydrogen) atoms. The van der Waals surface area contributed by atoms with E-state index in [1.54, 1.807) is 19.1 Å². The van der Waals surface area contributed by atoms with Crippen molar-refractivity contribution in [3.63, 3.8) is 0 Å². The van der Waals surface area contributed by atoms with E-state index < -0.39 is 17.3 Å². The van der Waals surface area contributed by atoms with Gasteiger partial charge in [0.2, 0.25) is 0 Å². The number of carboxylic acid groups (broad SMARTS) is 1. The summed E-state index contributed by atoms with van der Waals surface area (Å²) in [6.45, 7) is 3.49. The molecule has 2 aromatic carbocycles. The Labute approximate surface area is 121 Å². The Balaban J connectivity index is 2.23. The topological polar surface area (TPSA) is 49.3 Å². The third-order valence-corrected chi connectivity index (χ3v) is 3.28. The first-order valence-electron chi connectivity index (χ1n) is 6.44. The number of aromatic carboxylic acids is 1. The summed E-state index contributed by atoms with van der Waals surface area (Å²) in [7, 11) is 0. The molecule has 3 nitrogen and oxygen atoms in total. The van der Waals surface area contributed by atoms with Gasteiger partial charge in [0.15, 0.2) is 0 Å². The Kier molecular flexibility index (Phi) is 4.21. The van der Waals surface area contributed by atoms with Gasteiger partial charge in [-0.1, -0.05) is 12.1 Å². The second-order valence-electron chi connectivity index (χ2n) is 4.87. The Hall–Kier alpha value is -2.43. The average molecular weight is 291 g/mol. The Morgan fingerprint density at radius 3 is 2.48 bits per heavy atom. The Bertz CT molecular complexity index is 686. The quantitative estimate of drug-likeness (QED) is 0.890. The minimum atomic E-state index is -1.33. The normalized spacial score (nSPS) is 12.0. The van der Waals surface area contributed by atoms with E-state index in [-0.39, 0.29) is 11.9 Å². The molecule has 0 aliphatic carbocycles. The molecule has 0 bridgehead atoms. The molecule has 0 saturated heterocycles. The largest absolute Gasteiger partial charge is 0.478 e. The maximum atomic E-state index is 13.5. The van der Waals surface area contributed by atoms with E-state index in [9.17, 15) is 13.6 Å². The van der Waals surface area contributed by atoms with Crippen LogP contribution in [-0.4, -0.2) is 11.1 Å². The molecule has 0 radical (unpaired) electrons. The molecule has 2 N–H and O–H groups in total. The van der Waals surface area contributed by atoms with Gasteiger partial charge in [-0.15, -0.1) is 0 Å². The molecule has 0 amide bonds. The number of rotatable bonds is 4. The monoisotopic (exact) mass is 291 g/mol. The zero-order valence-electron chi connectivity index (χ0n) is 11.7. The molecule has 2 rings (SSSR count). The van der Waals surface area contributed by atoms with Gasteiger partial charge in [0.1, 0.15) is 11.6 Å². The molecule has 110 valence electrons. The number of carbonyl (C=O) groups is 1. The van der Waals surface area contributed by atoms with E-state index in [0.717, 1.165) is 11.6 Å². The van der Waals surface area contributed by atoms with Crippen molar-refractivity contribution in [2.75, 3.05) is 5.32 Å². The van der Waals surface area contributed by atoms with Gasteiger partial charge < -0.3 is 10.4 Å². The summed E-state index contributed by atoms with van der Waals surface area (Å²) in [5.74, 6) is -2.42. The number of anilines is 1. The second kappa shape index (κ2) is 5.91. The fourth-order valence-corrected chi connectivity index (χ4v) is 1.99. The lowest BCUT2D eigenvalue weighted by atomic mass is 10.1. The van der Waals surface area contributed by atoms with Crippen molar-refractivity contribution < 1.29 is 18.7 Å². The summed E-state index contributed by atoms with van der Waals surface area (Å²) in [6, 6.07) is 8.41. The van der Waals surface area contributed by atoms with E-state index in [0.29, 0.717) is 11.3 Å². The molecule has 0 aromatic heterocycles. The van der Waals surface area contributed by atoms with Crippen LogP contribution in [0.3, 0.4) is 0 Å². The minimum Gasteiger partial charge on any atom is -0.478 e. The predicted octanol–water partition coefficient (Wildman–Crippen LogP) is 4.14. The number of benzene rings is 2. The first-order chi connectivity index (χ1) is 9.88. The molecule has 0 fully saturated rings. The van der Waals surface area contributed by atoms with Gasteiger partial charge in [0.05, 0.1) is 5.56 Å². The van der Waals surface area contributed by atoms with Gasteiger partial charge in [-0.2, -0.15) is 0 Å². The van der Waals surface area contributed by atoms with E-state index in [1.807, 2.05) is 6.92 Å². The lowest BCUT2D eigenvalue weighted by Crippen LogP contribution is -2.09. The van der Waals surface area contributed by atoms with E-state index >= 15 is 0 Å². The molecule has 0 saturated carbocycles. The van der Waals surface area contributed by atoms with Crippen molar-refractivity contribution in [1.29, 1.82) is 0 Å². The van der Waals surface area contributed by atoms with Crippen molar-refractivity contribution in [3.8, 4) is 0 Å². The van der Waals surface area contributed by atoms with Gasteiger partial charge in [-0.05, 0) is 49.2 Å². The predicted molar refractivity (Wildman–Crippen MR) is 76.5 cm³/mol. The van der Waals surface area contributed by atoms with Crippen LogP contribution in [0.4, 0.5) is 14.5 Å². The number of halogens is 2. The zero-order chi connectivity index (χ0) is 15.6. The third-order valence-electron chi connectivity index (χ3n) is 3.28. The van der Waals surface area contributed by atoms with Gasteiger partial charge in [0, 0.05) is 11.7 Å². The van der Waals surface area contributed by atoms with Crippen LogP contribution < -0.4 is 5.32 Å². The summed E-state index contributed by atoms with van der Waals surface area (Å²) in [4.78, 5) is 10.9. The van der Waals surface area contributed by atoms with Crippen LogP contribution in [0.2, 0.25) is 0 Å². The van der Waals surface area contributed by atoms with Gasteiger partial charge in [0.25, 0.3) is 0 Å². The van der Waals surface area contributed by atoms with Gasteiger partial charge >= 0.3 is 5.97 Å². The molecule has 0 aliphatic rings. The summed E-state index contributed by atoms with van der Waals surface area (Å²) < 4.78 is 26.9. The van der Waals surface area contributed by atoms with Crippen LogP contribution in [-0.2, 0) is 0 Å². The summed E-state index contributed by atoms with van der Waals surface area (Å²) >= 11 is 0. The van der Waals surface area contributed by atoms with E-state index in [1.165, 1.54) is 18.2 Å². The van der Waals surface area contributed by atoms with Crippen LogP contribution >= 0.6 is 0 Å². The van der Waals surface area contributed by atoms with E-state index in [4.69, 9.17) is 5.11 Å². The third kappa shape index (κ3) is 3.37. The molecule has 2 aromatic rings. The number of carboxylic acids is 1. The summed E-state index contributed by atoms with van der Waals surface area (Å²) in [6.07, 6.45) is 0. The highest BCUT2D eigenvalue weighted by atomic mass is 19.1. The van der Waals surface area contributed by atoms with Gasteiger partial charge in [-0.25, -0.2) is 13.6 Å². The fourth-order valence-electron chi connectivity index (χ4n) is 1.99. The SMILES string of the molecule is Cc1ccc(C(C)Nc2ccc(F)c(C(=O)O)c2)cc1F. The minimum absolute atomic E-state index is 0.243.